The fraction of sp³-hybridized carbons (Fsp3) is 0.200. The zero-order valence-corrected chi connectivity index (χ0v) is 16.7. The van der Waals surface area contributed by atoms with Gasteiger partial charge in [0.25, 0.3) is 5.91 Å². The Bertz CT molecular complexity index is 857. The summed E-state index contributed by atoms with van der Waals surface area (Å²) in [5, 5.41) is 5.09. The van der Waals surface area contributed by atoms with E-state index in [9.17, 15) is 14.4 Å². The van der Waals surface area contributed by atoms with Gasteiger partial charge in [-0.2, -0.15) is 0 Å². The van der Waals surface area contributed by atoms with Gasteiger partial charge in [-0.25, -0.2) is 0 Å². The molecular formula is C20H22N4O4S. The van der Waals surface area contributed by atoms with Crippen molar-refractivity contribution in [3.8, 4) is 5.75 Å². The summed E-state index contributed by atoms with van der Waals surface area (Å²) in [7, 11) is 0. The van der Waals surface area contributed by atoms with Crippen LogP contribution in [0.1, 0.15) is 30.1 Å². The highest BCUT2D eigenvalue weighted by Gasteiger charge is 2.10. The molecule has 152 valence electrons. The summed E-state index contributed by atoms with van der Waals surface area (Å²) < 4.78 is 5.33. The minimum Gasteiger partial charge on any atom is -0.494 e. The van der Waals surface area contributed by atoms with Gasteiger partial charge in [0.15, 0.2) is 5.11 Å². The first-order valence-corrected chi connectivity index (χ1v) is 9.36. The third kappa shape index (κ3) is 7.97. The average molecular weight is 414 g/mol. The second kappa shape index (κ2) is 11.4. The zero-order chi connectivity index (χ0) is 21.1. The quantitative estimate of drug-likeness (QED) is 0.408. The lowest BCUT2D eigenvalue weighted by molar-refractivity contribution is -0.124. The zero-order valence-electron chi connectivity index (χ0n) is 15.9. The molecule has 29 heavy (non-hydrogen) atoms. The van der Waals surface area contributed by atoms with Crippen LogP contribution in [-0.4, -0.2) is 29.4 Å². The largest absolute Gasteiger partial charge is 0.494 e. The lowest BCUT2D eigenvalue weighted by Crippen LogP contribution is -2.48. The molecule has 2 aromatic rings. The SMILES string of the molecule is CCOc1ccc(NC(=O)CCC(=O)NNC(=S)NC(=O)c2ccccc2)cc1. The van der Waals surface area contributed by atoms with Gasteiger partial charge in [-0.05, 0) is 55.5 Å². The normalized spacial score (nSPS) is 9.83. The van der Waals surface area contributed by atoms with Crippen molar-refractivity contribution in [2.75, 3.05) is 11.9 Å². The number of carbonyl (C=O) groups excluding carboxylic acids is 3. The van der Waals surface area contributed by atoms with Crippen LogP contribution in [0.3, 0.4) is 0 Å². The van der Waals surface area contributed by atoms with Crippen molar-refractivity contribution >= 4 is 40.7 Å². The Labute approximate surface area is 174 Å². The van der Waals surface area contributed by atoms with Crippen LogP contribution >= 0.6 is 12.2 Å². The van der Waals surface area contributed by atoms with Gasteiger partial charge in [-0.15, -0.1) is 0 Å². The van der Waals surface area contributed by atoms with E-state index in [2.05, 4.69) is 21.5 Å². The van der Waals surface area contributed by atoms with Gasteiger partial charge < -0.3 is 10.1 Å². The van der Waals surface area contributed by atoms with Crippen molar-refractivity contribution in [2.24, 2.45) is 0 Å². The van der Waals surface area contributed by atoms with Crippen LogP contribution in [-0.2, 0) is 9.59 Å². The molecule has 0 fully saturated rings. The third-order valence-electron chi connectivity index (χ3n) is 3.61. The number of amides is 3. The molecule has 2 aromatic carbocycles. The van der Waals surface area contributed by atoms with Gasteiger partial charge in [-0.3, -0.25) is 30.6 Å². The van der Waals surface area contributed by atoms with Gasteiger partial charge in [0, 0.05) is 24.1 Å². The Morgan fingerprint density at radius 3 is 2.21 bits per heavy atom. The number of thiocarbonyl (C=S) groups is 1. The number of hydrogen-bond acceptors (Lipinski definition) is 5. The molecule has 9 heteroatoms. The van der Waals surface area contributed by atoms with Gasteiger partial charge in [-0.1, -0.05) is 18.2 Å². The molecule has 3 amide bonds. The van der Waals surface area contributed by atoms with Crippen LogP contribution < -0.4 is 26.2 Å². The fourth-order valence-corrected chi connectivity index (χ4v) is 2.38. The maximum absolute atomic E-state index is 11.9. The summed E-state index contributed by atoms with van der Waals surface area (Å²) in [4.78, 5) is 35.7. The van der Waals surface area contributed by atoms with Crippen molar-refractivity contribution in [2.45, 2.75) is 19.8 Å². The number of nitrogens with one attached hydrogen (secondary N) is 4. The summed E-state index contributed by atoms with van der Waals surface area (Å²) in [5.41, 5.74) is 5.82. The molecule has 0 aliphatic carbocycles. The van der Waals surface area contributed by atoms with E-state index in [1.54, 1.807) is 54.6 Å². The van der Waals surface area contributed by atoms with Crippen molar-refractivity contribution in [1.29, 1.82) is 0 Å². The highest BCUT2D eigenvalue weighted by atomic mass is 32.1. The van der Waals surface area contributed by atoms with Crippen LogP contribution in [0, 0.1) is 0 Å². The van der Waals surface area contributed by atoms with Gasteiger partial charge in [0.1, 0.15) is 5.75 Å². The smallest absolute Gasteiger partial charge is 0.257 e. The molecule has 0 unspecified atom stereocenters. The predicted octanol–water partition coefficient (Wildman–Crippen LogP) is 2.14. The second-order valence-electron chi connectivity index (χ2n) is 5.83. The number of benzene rings is 2. The van der Waals surface area contributed by atoms with E-state index in [0.717, 1.165) is 0 Å². The maximum atomic E-state index is 11.9. The first-order valence-electron chi connectivity index (χ1n) is 8.96. The highest BCUT2D eigenvalue weighted by molar-refractivity contribution is 7.80. The van der Waals surface area contributed by atoms with Crippen LogP contribution in [0.2, 0.25) is 0 Å². The number of ether oxygens (including phenoxy) is 1. The van der Waals surface area contributed by atoms with Crippen molar-refractivity contribution in [1.82, 2.24) is 16.2 Å². The average Bonchev–Trinajstić information content (AvgIpc) is 2.73. The van der Waals surface area contributed by atoms with Crippen LogP contribution in [0.4, 0.5) is 5.69 Å². The first-order chi connectivity index (χ1) is 14.0. The van der Waals surface area contributed by atoms with Crippen molar-refractivity contribution in [3.05, 3.63) is 60.2 Å². The fourth-order valence-electron chi connectivity index (χ4n) is 2.24. The lowest BCUT2D eigenvalue weighted by atomic mass is 10.2. The van der Waals surface area contributed by atoms with E-state index in [1.807, 2.05) is 6.92 Å². The number of carbonyl (C=O) groups is 3. The topological polar surface area (TPSA) is 109 Å². The monoisotopic (exact) mass is 414 g/mol. The maximum Gasteiger partial charge on any atom is 0.257 e. The number of hydrazine groups is 1. The summed E-state index contributed by atoms with van der Waals surface area (Å²) in [6.07, 6.45) is -0.0605. The molecule has 8 nitrogen and oxygen atoms in total. The minimum absolute atomic E-state index is 0.0101. The van der Waals surface area contributed by atoms with E-state index in [0.29, 0.717) is 23.6 Å². The molecule has 0 heterocycles. The lowest BCUT2D eigenvalue weighted by Gasteiger charge is -2.11. The minimum atomic E-state index is -0.442. The van der Waals surface area contributed by atoms with Gasteiger partial charge in [0.05, 0.1) is 6.61 Å². The Kier molecular flexibility index (Phi) is 8.58. The van der Waals surface area contributed by atoms with E-state index in [1.165, 1.54) is 0 Å². The van der Waals surface area contributed by atoms with Gasteiger partial charge >= 0.3 is 0 Å². The van der Waals surface area contributed by atoms with E-state index < -0.39 is 11.8 Å². The van der Waals surface area contributed by atoms with Crippen LogP contribution in [0.25, 0.3) is 0 Å². The summed E-state index contributed by atoms with van der Waals surface area (Å²) in [6.45, 7) is 2.45. The van der Waals surface area contributed by atoms with Crippen LogP contribution in [0.15, 0.2) is 54.6 Å². The standard InChI is InChI=1S/C20H22N4O4S/c1-2-28-16-10-8-15(9-11-16)21-17(25)12-13-18(26)23-24-20(29)22-19(27)14-6-4-3-5-7-14/h3-11H,2,12-13H2,1H3,(H,21,25)(H,23,26)(H2,22,24,27,29). The molecule has 0 atom stereocenters. The Balaban J connectivity index is 1.66. The second-order valence-corrected chi connectivity index (χ2v) is 6.24. The Morgan fingerprint density at radius 1 is 0.897 bits per heavy atom. The summed E-state index contributed by atoms with van der Waals surface area (Å²) in [6, 6.07) is 15.5. The molecular weight excluding hydrogens is 392 g/mol. The third-order valence-corrected chi connectivity index (χ3v) is 3.81. The molecule has 0 radical (unpaired) electrons. The number of rotatable bonds is 7. The number of anilines is 1. The van der Waals surface area contributed by atoms with E-state index >= 15 is 0 Å². The highest BCUT2D eigenvalue weighted by Crippen LogP contribution is 2.15. The Morgan fingerprint density at radius 2 is 1.55 bits per heavy atom. The van der Waals surface area contributed by atoms with Crippen molar-refractivity contribution in [3.63, 3.8) is 0 Å². The molecule has 4 N–H and O–H groups in total. The number of hydrogen-bond donors (Lipinski definition) is 4. The van der Waals surface area contributed by atoms with E-state index in [4.69, 9.17) is 17.0 Å². The molecule has 0 saturated carbocycles. The van der Waals surface area contributed by atoms with Gasteiger partial charge in [0.2, 0.25) is 11.8 Å². The molecule has 0 aromatic heterocycles. The molecule has 2 rings (SSSR count). The Hall–Kier alpha value is -3.46. The predicted molar refractivity (Wildman–Crippen MR) is 113 cm³/mol. The first kappa shape index (κ1) is 21.8. The van der Waals surface area contributed by atoms with E-state index in [-0.39, 0.29) is 23.9 Å². The molecule has 0 spiro atoms. The summed E-state index contributed by atoms with van der Waals surface area (Å²) in [5.74, 6) is -0.425. The summed E-state index contributed by atoms with van der Waals surface area (Å²) >= 11 is 4.95. The molecule has 0 bridgehead atoms. The molecule has 0 aliphatic heterocycles. The molecule has 0 aliphatic rings. The van der Waals surface area contributed by atoms with Crippen molar-refractivity contribution < 1.29 is 19.1 Å². The molecule has 0 saturated heterocycles. The van der Waals surface area contributed by atoms with Crippen LogP contribution in [0.5, 0.6) is 5.75 Å².